The summed E-state index contributed by atoms with van der Waals surface area (Å²) in [6, 6.07) is 9.43. The predicted molar refractivity (Wildman–Crippen MR) is 127 cm³/mol. The molecule has 1 aromatic carbocycles. The fourth-order valence-electron chi connectivity index (χ4n) is 4.08. The van der Waals surface area contributed by atoms with Gasteiger partial charge in [0.15, 0.2) is 11.5 Å². The number of amides is 2. The smallest absolute Gasteiger partial charge is 0.242 e. The highest BCUT2D eigenvalue weighted by atomic mass is 32.1. The number of carbonyl (C=O) groups excluding carboxylic acids is 2. The molecule has 32 heavy (non-hydrogen) atoms. The highest BCUT2D eigenvalue weighted by molar-refractivity contribution is 7.10. The average Bonchev–Trinajstić information content (AvgIpc) is 3.26. The van der Waals surface area contributed by atoms with Crippen LogP contribution in [-0.2, 0) is 16.0 Å². The number of hydrogen-bond acceptors (Lipinski definition) is 5. The van der Waals surface area contributed by atoms with Gasteiger partial charge in [0, 0.05) is 24.4 Å². The van der Waals surface area contributed by atoms with Crippen molar-refractivity contribution in [1.29, 1.82) is 0 Å². The molecule has 1 aliphatic rings. The Morgan fingerprint density at radius 1 is 1.22 bits per heavy atom. The van der Waals surface area contributed by atoms with E-state index in [-0.39, 0.29) is 30.3 Å². The van der Waals surface area contributed by atoms with Gasteiger partial charge in [-0.25, -0.2) is 0 Å². The van der Waals surface area contributed by atoms with Crippen molar-refractivity contribution in [2.75, 3.05) is 33.4 Å². The molecule has 0 saturated heterocycles. The summed E-state index contributed by atoms with van der Waals surface area (Å²) in [7, 11) is 1.62. The van der Waals surface area contributed by atoms with Crippen LogP contribution in [0.1, 0.15) is 50.1 Å². The fraction of sp³-hybridized carbons (Fsp3) is 0.520. The van der Waals surface area contributed by atoms with Gasteiger partial charge in [-0.2, -0.15) is 0 Å². The van der Waals surface area contributed by atoms with Crippen molar-refractivity contribution in [1.82, 2.24) is 9.80 Å². The molecule has 2 amide bonds. The number of nitrogens with zero attached hydrogens (tertiary/aromatic N) is 2. The Kier molecular flexibility index (Phi) is 8.56. The Morgan fingerprint density at radius 3 is 2.66 bits per heavy atom. The highest BCUT2D eigenvalue weighted by Crippen LogP contribution is 2.35. The maximum atomic E-state index is 13.4. The van der Waals surface area contributed by atoms with Crippen molar-refractivity contribution in [3.63, 3.8) is 0 Å². The van der Waals surface area contributed by atoms with Crippen LogP contribution >= 0.6 is 11.3 Å². The maximum absolute atomic E-state index is 13.4. The molecule has 0 fully saturated rings. The van der Waals surface area contributed by atoms with Gasteiger partial charge in [-0.1, -0.05) is 32.9 Å². The Morgan fingerprint density at radius 2 is 1.97 bits per heavy atom. The van der Waals surface area contributed by atoms with Crippen molar-refractivity contribution >= 4 is 23.2 Å². The molecule has 0 spiro atoms. The lowest BCUT2D eigenvalue weighted by atomic mass is 10.00. The number of fused-ring (bicyclic) bond motifs is 1. The topological polar surface area (TPSA) is 59.1 Å². The molecule has 2 heterocycles. The number of ether oxygens (including phenoxy) is 2. The second kappa shape index (κ2) is 11.4. The van der Waals surface area contributed by atoms with Gasteiger partial charge in [0.25, 0.3) is 0 Å². The predicted octanol–water partition coefficient (Wildman–Crippen LogP) is 4.55. The summed E-state index contributed by atoms with van der Waals surface area (Å²) in [5, 5.41) is 2.07. The molecule has 3 rings (SSSR count). The van der Waals surface area contributed by atoms with E-state index < -0.39 is 0 Å². The van der Waals surface area contributed by atoms with Gasteiger partial charge >= 0.3 is 0 Å². The summed E-state index contributed by atoms with van der Waals surface area (Å²) in [5.74, 6) is 1.61. The summed E-state index contributed by atoms with van der Waals surface area (Å²) in [5.41, 5.74) is 1.14. The molecular formula is C25H34N2O4S. The van der Waals surface area contributed by atoms with Gasteiger partial charge in [-0.15, -0.1) is 11.3 Å². The largest absolute Gasteiger partial charge is 0.493 e. The molecule has 0 N–H and O–H groups in total. The van der Waals surface area contributed by atoms with E-state index in [1.54, 1.807) is 23.3 Å². The van der Waals surface area contributed by atoms with E-state index in [0.29, 0.717) is 37.6 Å². The van der Waals surface area contributed by atoms with Gasteiger partial charge in [0.05, 0.1) is 19.7 Å². The molecule has 6 nitrogen and oxygen atoms in total. The zero-order valence-electron chi connectivity index (χ0n) is 19.5. The molecule has 1 aromatic heterocycles. The summed E-state index contributed by atoms with van der Waals surface area (Å²) >= 11 is 1.72. The Balaban J connectivity index is 1.77. The van der Waals surface area contributed by atoms with Crippen LogP contribution < -0.4 is 9.47 Å². The Bertz CT molecular complexity index is 911. The molecule has 0 aliphatic carbocycles. The number of carbonyl (C=O) groups is 2. The lowest BCUT2D eigenvalue weighted by molar-refractivity contribution is -0.143. The van der Waals surface area contributed by atoms with Crippen LogP contribution in [0.4, 0.5) is 0 Å². The SMILES string of the molecule is CCCN(CC(=O)N1CCc2sccc2[C@H]1COc1ccccc1OC)C(=O)CC(C)C. The first-order chi connectivity index (χ1) is 15.4. The minimum atomic E-state index is -0.189. The van der Waals surface area contributed by atoms with Crippen molar-refractivity contribution in [2.45, 2.75) is 46.1 Å². The van der Waals surface area contributed by atoms with E-state index >= 15 is 0 Å². The molecule has 0 unspecified atom stereocenters. The zero-order chi connectivity index (χ0) is 23.1. The third-order valence-electron chi connectivity index (χ3n) is 5.64. The summed E-state index contributed by atoms with van der Waals surface area (Å²) in [6.45, 7) is 7.76. The number of benzene rings is 1. The summed E-state index contributed by atoms with van der Waals surface area (Å²) in [4.78, 5) is 31.0. The van der Waals surface area contributed by atoms with Crippen molar-refractivity contribution < 1.29 is 19.1 Å². The number of hydrogen-bond donors (Lipinski definition) is 0. The molecule has 2 aromatic rings. The minimum absolute atomic E-state index is 0.0268. The quantitative estimate of drug-likeness (QED) is 0.524. The number of para-hydroxylation sites is 2. The Hall–Kier alpha value is -2.54. The molecule has 1 aliphatic heterocycles. The molecular weight excluding hydrogens is 424 g/mol. The van der Waals surface area contributed by atoms with Crippen LogP contribution in [-0.4, -0.2) is 55.0 Å². The zero-order valence-corrected chi connectivity index (χ0v) is 20.3. The van der Waals surface area contributed by atoms with E-state index in [9.17, 15) is 9.59 Å². The van der Waals surface area contributed by atoms with Gasteiger partial charge in [-0.05, 0) is 47.9 Å². The fourth-order valence-corrected chi connectivity index (χ4v) is 5.00. The van der Waals surface area contributed by atoms with E-state index in [4.69, 9.17) is 9.47 Å². The third kappa shape index (κ3) is 5.82. The van der Waals surface area contributed by atoms with Gasteiger partial charge in [0.2, 0.25) is 11.8 Å². The van der Waals surface area contributed by atoms with Crippen LogP contribution in [0.25, 0.3) is 0 Å². The Labute approximate surface area is 195 Å². The van der Waals surface area contributed by atoms with Crippen molar-refractivity contribution in [2.24, 2.45) is 5.92 Å². The normalized spacial score (nSPS) is 15.4. The molecule has 0 radical (unpaired) electrons. The third-order valence-corrected chi connectivity index (χ3v) is 6.63. The lowest BCUT2D eigenvalue weighted by Crippen LogP contribution is -2.48. The molecule has 1 atom stereocenters. The average molecular weight is 459 g/mol. The van der Waals surface area contributed by atoms with Gasteiger partial charge in [0.1, 0.15) is 6.61 Å². The van der Waals surface area contributed by atoms with Crippen LogP contribution in [0.3, 0.4) is 0 Å². The molecule has 0 bridgehead atoms. The number of methoxy groups -OCH3 is 1. The molecule has 0 saturated carbocycles. The monoisotopic (exact) mass is 458 g/mol. The second-order valence-electron chi connectivity index (χ2n) is 8.53. The van der Waals surface area contributed by atoms with Crippen molar-refractivity contribution in [3.8, 4) is 11.5 Å². The minimum Gasteiger partial charge on any atom is -0.493 e. The maximum Gasteiger partial charge on any atom is 0.242 e. The summed E-state index contributed by atoms with van der Waals surface area (Å²) in [6.07, 6.45) is 2.12. The van der Waals surface area contributed by atoms with Crippen LogP contribution in [0.5, 0.6) is 11.5 Å². The van der Waals surface area contributed by atoms with Crippen LogP contribution in [0.15, 0.2) is 35.7 Å². The number of thiophene rings is 1. The summed E-state index contributed by atoms with van der Waals surface area (Å²) < 4.78 is 11.5. The van der Waals surface area contributed by atoms with Gasteiger partial charge in [-0.3, -0.25) is 9.59 Å². The lowest BCUT2D eigenvalue weighted by Gasteiger charge is -2.37. The second-order valence-corrected chi connectivity index (χ2v) is 9.53. The highest BCUT2D eigenvalue weighted by Gasteiger charge is 2.33. The van der Waals surface area contributed by atoms with Gasteiger partial charge < -0.3 is 19.3 Å². The first-order valence-electron chi connectivity index (χ1n) is 11.3. The first-order valence-corrected chi connectivity index (χ1v) is 12.2. The number of rotatable bonds is 10. The standard InChI is InChI=1S/C25H34N2O4S/c1-5-12-26(24(28)15-18(2)3)16-25(29)27-13-10-23-19(11-14-32-23)20(27)17-31-22-9-7-6-8-21(22)30-4/h6-9,11,14,18,20H,5,10,12-13,15-17H2,1-4H3/t20-/m1/s1. The first kappa shape index (κ1) is 24.1. The molecule has 7 heteroatoms. The van der Waals surface area contributed by atoms with E-state index in [2.05, 4.69) is 11.4 Å². The van der Waals surface area contributed by atoms with E-state index in [0.717, 1.165) is 18.4 Å². The van der Waals surface area contributed by atoms with Crippen LogP contribution in [0.2, 0.25) is 0 Å². The van der Waals surface area contributed by atoms with Crippen molar-refractivity contribution in [3.05, 3.63) is 46.2 Å². The van der Waals surface area contributed by atoms with E-state index in [1.165, 1.54) is 4.88 Å². The van der Waals surface area contributed by atoms with E-state index in [1.807, 2.05) is 49.9 Å². The molecule has 174 valence electrons. The van der Waals surface area contributed by atoms with Crippen LogP contribution in [0, 0.1) is 5.92 Å².